The van der Waals surface area contributed by atoms with Gasteiger partial charge in [0.25, 0.3) is 0 Å². The summed E-state index contributed by atoms with van der Waals surface area (Å²) in [7, 11) is 0. The Morgan fingerprint density at radius 2 is 1.55 bits per heavy atom. The molecule has 0 fully saturated rings. The highest BCUT2D eigenvalue weighted by Gasteiger charge is 2.30. The number of alkyl halides is 3. The van der Waals surface area contributed by atoms with E-state index >= 15 is 0 Å². The van der Waals surface area contributed by atoms with Crippen molar-refractivity contribution >= 4 is 11.5 Å². The maximum Gasteiger partial charge on any atom is 0.416 e. The maximum atomic E-state index is 12.4. The summed E-state index contributed by atoms with van der Waals surface area (Å²) in [5.74, 6) is -0.356. The van der Waals surface area contributed by atoms with Gasteiger partial charge in [-0.15, -0.1) is 0 Å². The van der Waals surface area contributed by atoms with E-state index in [1.165, 1.54) is 18.2 Å². The number of rotatable bonds is 2. The van der Waals surface area contributed by atoms with Crippen LogP contribution in [0.2, 0.25) is 0 Å². The number of carbonyl (C=O) groups excluding carboxylic acids is 1. The standard InChI is InChI=1S/C15H12F3NO/c1-9-2-3-11(8-13(9)19)14(20)10-4-6-12(7-5-10)15(16,17)18/h2-8H,19H2,1H3. The van der Waals surface area contributed by atoms with Crippen molar-refractivity contribution in [3.8, 4) is 0 Å². The van der Waals surface area contributed by atoms with Crippen molar-refractivity contribution in [3.63, 3.8) is 0 Å². The predicted octanol–water partition coefficient (Wildman–Crippen LogP) is 3.83. The van der Waals surface area contributed by atoms with Gasteiger partial charge < -0.3 is 5.73 Å². The van der Waals surface area contributed by atoms with Gasteiger partial charge in [-0.25, -0.2) is 0 Å². The fourth-order valence-electron chi connectivity index (χ4n) is 1.76. The molecule has 0 saturated heterocycles. The van der Waals surface area contributed by atoms with Gasteiger partial charge >= 0.3 is 6.18 Å². The van der Waals surface area contributed by atoms with Crippen LogP contribution in [0.5, 0.6) is 0 Å². The largest absolute Gasteiger partial charge is 0.416 e. The highest BCUT2D eigenvalue weighted by Crippen LogP contribution is 2.29. The molecule has 2 nitrogen and oxygen atoms in total. The molecule has 0 radical (unpaired) electrons. The zero-order valence-electron chi connectivity index (χ0n) is 10.7. The Balaban J connectivity index is 2.31. The molecular weight excluding hydrogens is 267 g/mol. The summed E-state index contributed by atoms with van der Waals surface area (Å²) >= 11 is 0. The van der Waals surface area contributed by atoms with Gasteiger partial charge in [-0.05, 0) is 30.7 Å². The van der Waals surface area contributed by atoms with E-state index in [0.717, 1.165) is 17.7 Å². The van der Waals surface area contributed by atoms with Crippen LogP contribution in [-0.2, 0) is 6.18 Å². The highest BCUT2D eigenvalue weighted by molar-refractivity contribution is 6.09. The van der Waals surface area contributed by atoms with E-state index in [4.69, 9.17) is 5.73 Å². The highest BCUT2D eigenvalue weighted by atomic mass is 19.4. The van der Waals surface area contributed by atoms with Crippen LogP contribution in [0.25, 0.3) is 0 Å². The van der Waals surface area contributed by atoms with Crippen molar-refractivity contribution in [2.75, 3.05) is 5.73 Å². The molecule has 2 aromatic carbocycles. The summed E-state index contributed by atoms with van der Waals surface area (Å²) in [6, 6.07) is 8.95. The lowest BCUT2D eigenvalue weighted by molar-refractivity contribution is -0.137. The van der Waals surface area contributed by atoms with Gasteiger partial charge in [0.1, 0.15) is 0 Å². The van der Waals surface area contributed by atoms with Gasteiger partial charge in [0.15, 0.2) is 5.78 Å². The molecule has 0 amide bonds. The minimum Gasteiger partial charge on any atom is -0.398 e. The SMILES string of the molecule is Cc1ccc(C(=O)c2ccc(C(F)(F)F)cc2)cc1N. The first kappa shape index (κ1) is 14.1. The number of nitrogens with two attached hydrogens (primary N) is 1. The van der Waals surface area contributed by atoms with Crippen LogP contribution in [0, 0.1) is 6.92 Å². The lowest BCUT2D eigenvalue weighted by Gasteiger charge is -2.08. The molecule has 0 aliphatic heterocycles. The van der Waals surface area contributed by atoms with Gasteiger partial charge in [0, 0.05) is 16.8 Å². The van der Waals surface area contributed by atoms with E-state index in [9.17, 15) is 18.0 Å². The second-order valence-electron chi connectivity index (χ2n) is 4.48. The van der Waals surface area contributed by atoms with E-state index in [-0.39, 0.29) is 11.3 Å². The summed E-state index contributed by atoms with van der Waals surface area (Å²) in [4.78, 5) is 12.1. The van der Waals surface area contributed by atoms with Crippen LogP contribution >= 0.6 is 0 Å². The van der Waals surface area contributed by atoms with Crippen LogP contribution in [0.3, 0.4) is 0 Å². The number of benzene rings is 2. The third-order valence-corrected chi connectivity index (χ3v) is 3.02. The van der Waals surface area contributed by atoms with E-state index in [0.29, 0.717) is 11.3 Å². The fourth-order valence-corrected chi connectivity index (χ4v) is 1.76. The first-order valence-electron chi connectivity index (χ1n) is 5.87. The molecule has 2 N–H and O–H groups in total. The quantitative estimate of drug-likeness (QED) is 0.670. The zero-order chi connectivity index (χ0) is 14.9. The first-order chi connectivity index (χ1) is 9.29. The minimum absolute atomic E-state index is 0.196. The number of ketones is 1. The third kappa shape index (κ3) is 2.82. The lowest BCUT2D eigenvalue weighted by Crippen LogP contribution is -2.07. The maximum absolute atomic E-state index is 12.4. The molecule has 20 heavy (non-hydrogen) atoms. The average Bonchev–Trinajstić information content (AvgIpc) is 2.40. The molecule has 5 heteroatoms. The predicted molar refractivity (Wildman–Crippen MR) is 70.5 cm³/mol. The average molecular weight is 279 g/mol. The Morgan fingerprint density at radius 1 is 1.00 bits per heavy atom. The zero-order valence-corrected chi connectivity index (χ0v) is 10.7. The molecule has 104 valence electrons. The number of hydrogen-bond donors (Lipinski definition) is 1. The van der Waals surface area contributed by atoms with Gasteiger partial charge in [-0.1, -0.05) is 24.3 Å². The Labute approximate surface area is 114 Å². The van der Waals surface area contributed by atoms with Gasteiger partial charge in [-0.3, -0.25) is 4.79 Å². The molecule has 2 aromatic rings. The third-order valence-electron chi connectivity index (χ3n) is 3.02. The summed E-state index contributed by atoms with van der Waals surface area (Å²) < 4.78 is 37.3. The van der Waals surface area contributed by atoms with Crippen molar-refractivity contribution in [2.24, 2.45) is 0 Å². The Hall–Kier alpha value is -2.30. The molecular formula is C15H12F3NO. The van der Waals surface area contributed by atoms with E-state index in [2.05, 4.69) is 0 Å². The van der Waals surface area contributed by atoms with Crippen LogP contribution < -0.4 is 5.73 Å². The molecule has 0 unspecified atom stereocenters. The number of hydrogen-bond acceptors (Lipinski definition) is 2. The summed E-state index contributed by atoms with van der Waals surface area (Å²) in [5, 5.41) is 0. The van der Waals surface area contributed by atoms with Crippen LogP contribution in [0.4, 0.5) is 18.9 Å². The molecule has 2 rings (SSSR count). The smallest absolute Gasteiger partial charge is 0.398 e. The number of halogens is 3. The molecule has 0 spiro atoms. The van der Waals surface area contributed by atoms with Crippen molar-refractivity contribution in [3.05, 3.63) is 64.7 Å². The second kappa shape index (κ2) is 5.00. The first-order valence-corrected chi connectivity index (χ1v) is 5.87. The molecule has 0 saturated carbocycles. The lowest BCUT2D eigenvalue weighted by atomic mass is 10.00. The fraction of sp³-hybridized carbons (Fsp3) is 0.133. The van der Waals surface area contributed by atoms with Crippen LogP contribution in [0.15, 0.2) is 42.5 Å². The summed E-state index contributed by atoms with van der Waals surface area (Å²) in [5.41, 5.74) is 6.80. The van der Waals surface area contributed by atoms with Crippen molar-refractivity contribution in [2.45, 2.75) is 13.1 Å². The van der Waals surface area contributed by atoms with E-state index < -0.39 is 11.7 Å². The monoisotopic (exact) mass is 279 g/mol. The minimum atomic E-state index is -4.41. The number of anilines is 1. The number of nitrogen functional groups attached to an aromatic ring is 1. The summed E-state index contributed by atoms with van der Waals surface area (Å²) in [6.45, 7) is 1.81. The molecule has 0 bridgehead atoms. The molecule has 0 atom stereocenters. The Kier molecular flexibility index (Phi) is 3.53. The van der Waals surface area contributed by atoms with Crippen LogP contribution in [0.1, 0.15) is 27.0 Å². The van der Waals surface area contributed by atoms with Gasteiger partial charge in [0.05, 0.1) is 5.56 Å². The van der Waals surface area contributed by atoms with E-state index in [1.807, 2.05) is 6.92 Å². The van der Waals surface area contributed by atoms with Crippen molar-refractivity contribution in [1.29, 1.82) is 0 Å². The van der Waals surface area contributed by atoms with Gasteiger partial charge in [-0.2, -0.15) is 13.2 Å². The normalized spacial score (nSPS) is 11.4. The number of carbonyl (C=O) groups is 1. The van der Waals surface area contributed by atoms with E-state index in [1.54, 1.807) is 12.1 Å². The molecule has 0 heterocycles. The number of aryl methyl sites for hydroxylation is 1. The van der Waals surface area contributed by atoms with Gasteiger partial charge in [0.2, 0.25) is 0 Å². The van der Waals surface area contributed by atoms with Crippen molar-refractivity contribution in [1.82, 2.24) is 0 Å². The van der Waals surface area contributed by atoms with Crippen molar-refractivity contribution < 1.29 is 18.0 Å². The Bertz CT molecular complexity index is 645. The molecule has 0 aromatic heterocycles. The second-order valence-corrected chi connectivity index (χ2v) is 4.48. The van der Waals surface area contributed by atoms with Crippen LogP contribution in [-0.4, -0.2) is 5.78 Å². The molecule has 0 aliphatic rings. The topological polar surface area (TPSA) is 43.1 Å². The molecule has 0 aliphatic carbocycles. The Morgan fingerprint density at radius 3 is 2.05 bits per heavy atom. The summed E-state index contributed by atoms with van der Waals surface area (Å²) in [6.07, 6.45) is -4.41.